The molecule has 0 radical (unpaired) electrons. The van der Waals surface area contributed by atoms with Gasteiger partial charge in [0.1, 0.15) is 0 Å². The molecule has 1 aliphatic rings. The van der Waals surface area contributed by atoms with Gasteiger partial charge in [0.15, 0.2) is 0 Å². The van der Waals surface area contributed by atoms with E-state index in [1.54, 1.807) is 5.20 Å². The molecule has 24 heavy (non-hydrogen) atoms. The normalized spacial score (nSPS) is 19.7. The SMILES string of the molecule is CCC(CC)(c1ccccc1)[C]1([Ti+3])C=CC([Si](C)(C)C)=C1.[Cl-].[Cl-].[Cl-]. The summed E-state index contributed by atoms with van der Waals surface area (Å²) in [6, 6.07) is 11.1. The molecule has 0 amide bonds. The minimum Gasteiger partial charge on any atom is -1.00 e. The predicted octanol–water partition coefficient (Wildman–Crippen LogP) is -3.16. The van der Waals surface area contributed by atoms with E-state index < -0.39 is 8.07 Å². The van der Waals surface area contributed by atoms with Gasteiger partial charge in [0.25, 0.3) is 0 Å². The van der Waals surface area contributed by atoms with Gasteiger partial charge < -0.3 is 37.2 Å². The van der Waals surface area contributed by atoms with E-state index in [1.807, 2.05) is 0 Å². The predicted molar refractivity (Wildman–Crippen MR) is 92.0 cm³/mol. The first-order chi connectivity index (χ1) is 9.79. The van der Waals surface area contributed by atoms with Crippen molar-refractivity contribution >= 4 is 8.07 Å². The van der Waals surface area contributed by atoms with E-state index in [-0.39, 0.29) is 46.4 Å². The van der Waals surface area contributed by atoms with Crippen LogP contribution in [-0.4, -0.2) is 8.07 Å². The van der Waals surface area contributed by atoms with Gasteiger partial charge in [0, 0.05) is 0 Å². The van der Waals surface area contributed by atoms with Crippen molar-refractivity contribution in [1.82, 2.24) is 0 Å². The average molecular weight is 438 g/mol. The average Bonchev–Trinajstić information content (AvgIpc) is 2.86. The Morgan fingerprint density at radius 1 is 0.958 bits per heavy atom. The monoisotopic (exact) mass is 436 g/mol. The Labute approximate surface area is 179 Å². The maximum atomic E-state index is 2.58. The molecule has 1 aliphatic carbocycles. The smallest absolute Gasteiger partial charge is 1.00 e. The zero-order valence-electron chi connectivity index (χ0n) is 15.2. The van der Waals surface area contributed by atoms with Crippen LogP contribution in [0.4, 0.5) is 0 Å². The Balaban J connectivity index is 0. The third kappa shape index (κ3) is 4.81. The number of halogens is 3. The fourth-order valence-corrected chi connectivity index (χ4v) is 6.19. The van der Waals surface area contributed by atoms with Crippen LogP contribution < -0.4 is 37.2 Å². The second-order valence-corrected chi connectivity index (χ2v) is 13.6. The van der Waals surface area contributed by atoms with Gasteiger partial charge >= 0.3 is 143 Å². The Kier molecular flexibility index (Phi) is 11.1. The topological polar surface area (TPSA) is 0 Å². The maximum absolute atomic E-state index is 2.58. The molecule has 0 aliphatic heterocycles. The van der Waals surface area contributed by atoms with Crippen LogP contribution in [0.15, 0.2) is 53.8 Å². The Morgan fingerprint density at radius 3 is 1.83 bits per heavy atom. The summed E-state index contributed by atoms with van der Waals surface area (Å²) in [4.78, 5) is 0. The first-order valence-corrected chi connectivity index (χ1v) is 12.3. The third-order valence-corrected chi connectivity index (χ3v) is 8.38. The summed E-state index contributed by atoms with van der Waals surface area (Å²) in [5, 5.41) is 1.60. The number of hydrogen-bond acceptors (Lipinski definition) is 0. The molecule has 0 N–H and O–H groups in total. The van der Waals surface area contributed by atoms with Gasteiger partial charge in [-0.1, -0.05) is 0 Å². The molecular weight excluding hydrogens is 411 g/mol. The van der Waals surface area contributed by atoms with Crippen molar-refractivity contribution in [3.63, 3.8) is 0 Å². The molecule has 0 nitrogen and oxygen atoms in total. The van der Waals surface area contributed by atoms with Crippen molar-refractivity contribution in [2.24, 2.45) is 0 Å². The Bertz CT molecular complexity index is 560. The van der Waals surface area contributed by atoms with Gasteiger partial charge in [-0.3, -0.25) is 0 Å². The molecule has 0 saturated heterocycles. The Morgan fingerprint density at radius 2 is 1.46 bits per heavy atom. The number of rotatable bonds is 5. The molecule has 0 bridgehead atoms. The summed E-state index contributed by atoms with van der Waals surface area (Å²) in [6.07, 6.45) is 9.81. The van der Waals surface area contributed by atoms with Crippen LogP contribution >= 0.6 is 0 Å². The van der Waals surface area contributed by atoms with Crippen molar-refractivity contribution in [3.05, 3.63) is 59.3 Å². The van der Waals surface area contributed by atoms with Gasteiger partial charge in [-0.2, -0.15) is 0 Å². The van der Waals surface area contributed by atoms with E-state index in [4.69, 9.17) is 0 Å². The third-order valence-electron chi connectivity index (χ3n) is 5.10. The van der Waals surface area contributed by atoms with Crippen molar-refractivity contribution in [3.8, 4) is 0 Å². The fraction of sp³-hybridized carbons (Fsp3) is 0.474. The van der Waals surface area contributed by atoms with Crippen molar-refractivity contribution in [1.29, 1.82) is 0 Å². The van der Waals surface area contributed by atoms with E-state index in [0.29, 0.717) is 0 Å². The fourth-order valence-electron chi connectivity index (χ4n) is 3.57. The summed E-state index contributed by atoms with van der Waals surface area (Å²) in [5.41, 5.74) is 1.68. The number of allylic oxidation sites excluding steroid dienone is 4. The summed E-state index contributed by atoms with van der Waals surface area (Å²) < 4.78 is 0.132. The molecule has 0 heterocycles. The minimum absolute atomic E-state index is 0. The molecule has 1 aromatic carbocycles. The molecule has 5 heteroatoms. The first kappa shape index (κ1) is 26.7. The van der Waals surface area contributed by atoms with Gasteiger partial charge in [-0.15, -0.1) is 0 Å². The van der Waals surface area contributed by atoms with Gasteiger partial charge in [0.2, 0.25) is 0 Å². The minimum atomic E-state index is -1.24. The maximum Gasteiger partial charge on any atom is -1.00 e. The number of benzene rings is 1. The summed E-state index contributed by atoms with van der Waals surface area (Å²) in [7, 11) is -1.24. The van der Waals surface area contributed by atoms with Crippen LogP contribution in [0.5, 0.6) is 0 Å². The largest absolute Gasteiger partial charge is 1.00 e. The quantitative estimate of drug-likeness (QED) is 0.427. The molecule has 1 atom stereocenters. The molecule has 0 saturated carbocycles. The second-order valence-electron chi connectivity index (χ2n) is 7.21. The van der Waals surface area contributed by atoms with Crippen LogP contribution in [-0.2, 0) is 25.9 Å². The molecule has 0 spiro atoms. The molecular formula is C19H27Cl3SiTi. The van der Waals surface area contributed by atoms with Crippen molar-refractivity contribution in [2.75, 3.05) is 0 Å². The zero-order valence-corrected chi connectivity index (χ0v) is 20.0. The van der Waals surface area contributed by atoms with E-state index in [1.165, 1.54) is 18.4 Å². The van der Waals surface area contributed by atoms with Crippen LogP contribution in [0, 0.1) is 0 Å². The second kappa shape index (κ2) is 10.00. The molecule has 0 aromatic heterocycles. The van der Waals surface area contributed by atoms with E-state index >= 15 is 0 Å². The summed E-state index contributed by atoms with van der Waals surface area (Å²) in [5.74, 6) is 0. The first-order valence-electron chi connectivity index (χ1n) is 8.02. The van der Waals surface area contributed by atoms with Gasteiger partial charge in [-0.05, 0) is 0 Å². The van der Waals surface area contributed by atoms with E-state index in [0.717, 1.165) is 0 Å². The molecule has 0 fully saturated rings. The molecule has 2 rings (SSSR count). The van der Waals surface area contributed by atoms with Crippen molar-refractivity contribution in [2.45, 2.75) is 55.5 Å². The van der Waals surface area contributed by atoms with Crippen LogP contribution in [0.1, 0.15) is 32.3 Å². The number of hydrogen-bond donors (Lipinski definition) is 0. The zero-order chi connectivity index (χ0) is 15.7. The van der Waals surface area contributed by atoms with Crippen LogP contribution in [0.3, 0.4) is 0 Å². The van der Waals surface area contributed by atoms with Gasteiger partial charge in [0.05, 0.1) is 0 Å². The van der Waals surface area contributed by atoms with E-state index in [9.17, 15) is 0 Å². The van der Waals surface area contributed by atoms with Crippen LogP contribution in [0.25, 0.3) is 0 Å². The molecule has 1 aromatic rings. The Hall–Kier alpha value is 0.501. The summed E-state index contributed by atoms with van der Waals surface area (Å²) >= 11 is 2.43. The molecule has 1 unspecified atom stereocenters. The van der Waals surface area contributed by atoms with Crippen molar-refractivity contribution < 1.29 is 57.7 Å². The van der Waals surface area contributed by atoms with Crippen LogP contribution in [0.2, 0.25) is 23.4 Å². The standard InChI is InChI=1S/C19H27Si.3ClH.Ti/c1-6-19(7-2,16-11-9-8-10-12-16)17-13-14-18(15-17)20(3,4)5;;;;/h8-15H,6-7H2,1-5H3;3*1H;/q;;;;+3/p-3. The summed E-state index contributed by atoms with van der Waals surface area (Å²) in [6.45, 7) is 12.0. The molecule has 132 valence electrons. The van der Waals surface area contributed by atoms with E-state index in [2.05, 4.69) is 102 Å². The van der Waals surface area contributed by atoms with Gasteiger partial charge in [-0.25, -0.2) is 0 Å².